The van der Waals surface area contributed by atoms with Crippen molar-refractivity contribution in [1.29, 1.82) is 0 Å². The van der Waals surface area contributed by atoms with Gasteiger partial charge in [0, 0.05) is 25.7 Å². The lowest BCUT2D eigenvalue weighted by molar-refractivity contribution is -0.161. The number of ether oxygens (including phenoxy) is 4. The fourth-order valence-corrected chi connectivity index (χ4v) is 11.8. The van der Waals surface area contributed by atoms with Gasteiger partial charge in [0.15, 0.2) is 12.2 Å². The van der Waals surface area contributed by atoms with Gasteiger partial charge in [-0.25, -0.2) is 9.13 Å². The molecule has 0 aliphatic carbocycles. The summed E-state index contributed by atoms with van der Waals surface area (Å²) in [5, 5.41) is 10.6. The number of esters is 4. The van der Waals surface area contributed by atoms with E-state index in [4.69, 9.17) is 37.0 Å². The molecule has 0 saturated heterocycles. The van der Waals surface area contributed by atoms with Gasteiger partial charge in [0.25, 0.3) is 0 Å². The van der Waals surface area contributed by atoms with Crippen molar-refractivity contribution in [3.8, 4) is 0 Å². The Hall–Kier alpha value is -5.32. The molecule has 0 aromatic carbocycles. The highest BCUT2D eigenvalue weighted by Gasteiger charge is 2.30. The molecule has 0 bridgehead atoms. The summed E-state index contributed by atoms with van der Waals surface area (Å²) in [6, 6.07) is 0. The second-order valence-electron chi connectivity index (χ2n) is 26.6. The number of allylic oxidation sites excluding steroid dienone is 26. The van der Waals surface area contributed by atoms with Crippen molar-refractivity contribution >= 4 is 39.5 Å². The Morgan fingerprint density at radius 1 is 0.264 bits per heavy atom. The smallest absolute Gasteiger partial charge is 0.462 e. The molecule has 106 heavy (non-hydrogen) atoms. The van der Waals surface area contributed by atoms with Gasteiger partial charge in [0.1, 0.15) is 19.3 Å². The maximum atomic E-state index is 13.1. The van der Waals surface area contributed by atoms with Crippen LogP contribution in [-0.4, -0.2) is 96.7 Å². The van der Waals surface area contributed by atoms with Gasteiger partial charge < -0.3 is 33.8 Å². The number of phosphoric acid groups is 2. The van der Waals surface area contributed by atoms with Crippen LogP contribution in [0.3, 0.4) is 0 Å². The lowest BCUT2D eigenvalue weighted by Crippen LogP contribution is -2.30. The van der Waals surface area contributed by atoms with Gasteiger partial charge in [-0.05, 0) is 167 Å². The molecule has 0 radical (unpaired) electrons. The minimum Gasteiger partial charge on any atom is -0.462 e. The van der Waals surface area contributed by atoms with Crippen LogP contribution in [0.25, 0.3) is 0 Å². The van der Waals surface area contributed by atoms with Crippen molar-refractivity contribution in [2.45, 2.75) is 329 Å². The lowest BCUT2D eigenvalue weighted by Gasteiger charge is -2.21. The minimum atomic E-state index is -5.02. The summed E-state index contributed by atoms with van der Waals surface area (Å²) in [4.78, 5) is 73.0. The third-order valence-corrected chi connectivity index (χ3v) is 18.3. The third kappa shape index (κ3) is 76.9. The summed E-state index contributed by atoms with van der Waals surface area (Å²) in [6.07, 6.45) is 91.0. The molecule has 0 amide bonds. The first-order chi connectivity index (χ1) is 51.7. The zero-order chi connectivity index (χ0) is 77.4. The molecule has 0 rings (SSSR count). The van der Waals surface area contributed by atoms with E-state index in [1.807, 2.05) is 36.5 Å². The van der Waals surface area contributed by atoms with Crippen LogP contribution in [-0.2, 0) is 65.4 Å². The second-order valence-corrected chi connectivity index (χ2v) is 29.5. The van der Waals surface area contributed by atoms with Crippen LogP contribution >= 0.6 is 15.6 Å². The highest BCUT2D eigenvalue weighted by molar-refractivity contribution is 7.47. The summed E-state index contributed by atoms with van der Waals surface area (Å²) < 4.78 is 68.5. The molecule has 19 heteroatoms. The predicted molar refractivity (Wildman–Crippen MR) is 436 cm³/mol. The molecular formula is C87H144O17P2. The number of aliphatic hydroxyl groups is 1. The SMILES string of the molecule is CCCCC/C=C\C/C=C\C/C=C\C/C=C\CCCC(=O)OC[C@H](COP(=O)(O)OC[C@@H](O)COP(=O)(O)OC[C@@H](COC(=O)CCCCCCCCC/C=C\CCCCCC)OC(=O)CCC/C=C\C/C=C\C/C=C\C/C=C\CCCCC)OC(=O)CCC/C=C\C/C=C\C/C=C\C/C=C\CCCCC. The van der Waals surface area contributed by atoms with Gasteiger partial charge in [0.05, 0.1) is 26.4 Å². The number of phosphoric ester groups is 2. The predicted octanol–water partition coefficient (Wildman–Crippen LogP) is 24.0. The first-order valence-corrected chi connectivity index (χ1v) is 43.7. The van der Waals surface area contributed by atoms with E-state index in [1.165, 1.54) is 83.5 Å². The molecule has 0 fully saturated rings. The van der Waals surface area contributed by atoms with E-state index in [9.17, 15) is 43.2 Å². The van der Waals surface area contributed by atoms with E-state index >= 15 is 0 Å². The maximum absolute atomic E-state index is 13.1. The Bertz CT molecular complexity index is 2630. The summed E-state index contributed by atoms with van der Waals surface area (Å²) in [6.45, 7) is 4.58. The number of aliphatic hydroxyl groups excluding tert-OH is 1. The van der Waals surface area contributed by atoms with E-state index in [0.717, 1.165) is 128 Å². The first kappa shape index (κ1) is 101. The zero-order valence-corrected chi connectivity index (χ0v) is 67.8. The van der Waals surface area contributed by atoms with Crippen LogP contribution in [0.2, 0.25) is 0 Å². The zero-order valence-electron chi connectivity index (χ0n) is 66.1. The highest BCUT2D eigenvalue weighted by Crippen LogP contribution is 2.45. The Labute approximate surface area is 642 Å². The normalized spacial score (nSPS) is 14.7. The van der Waals surface area contributed by atoms with Crippen LogP contribution in [0, 0.1) is 0 Å². The Kier molecular flexibility index (Phi) is 73.9. The molecular weight excluding hydrogens is 1380 g/mol. The van der Waals surface area contributed by atoms with Crippen molar-refractivity contribution < 1.29 is 80.2 Å². The van der Waals surface area contributed by atoms with Gasteiger partial charge in [-0.15, -0.1) is 0 Å². The van der Waals surface area contributed by atoms with Crippen LogP contribution in [0.1, 0.15) is 310 Å². The number of rotatable bonds is 75. The summed E-state index contributed by atoms with van der Waals surface area (Å²) >= 11 is 0. The number of hydrogen-bond donors (Lipinski definition) is 3. The number of carbonyl (C=O) groups is 4. The molecule has 0 aromatic rings. The monoisotopic (exact) mass is 1520 g/mol. The fraction of sp³-hybridized carbons (Fsp3) is 0.655. The van der Waals surface area contributed by atoms with Crippen molar-refractivity contribution in [3.05, 3.63) is 158 Å². The summed E-state index contributed by atoms with van der Waals surface area (Å²) in [5.74, 6) is -2.38. The molecule has 17 nitrogen and oxygen atoms in total. The molecule has 604 valence electrons. The molecule has 3 N–H and O–H groups in total. The van der Waals surface area contributed by atoms with Gasteiger partial charge >= 0.3 is 39.5 Å². The average molecular weight is 1520 g/mol. The van der Waals surface area contributed by atoms with E-state index < -0.39 is 97.5 Å². The van der Waals surface area contributed by atoms with E-state index in [-0.39, 0.29) is 25.7 Å². The fourth-order valence-electron chi connectivity index (χ4n) is 10.2. The van der Waals surface area contributed by atoms with Gasteiger partial charge in [-0.3, -0.25) is 37.3 Å². The Morgan fingerprint density at radius 3 is 0.774 bits per heavy atom. The van der Waals surface area contributed by atoms with Crippen LogP contribution in [0.15, 0.2) is 158 Å². The van der Waals surface area contributed by atoms with Crippen molar-refractivity contribution in [3.63, 3.8) is 0 Å². The maximum Gasteiger partial charge on any atom is 0.472 e. The molecule has 0 aromatic heterocycles. The molecule has 0 aliphatic rings. The highest BCUT2D eigenvalue weighted by atomic mass is 31.2. The third-order valence-electron chi connectivity index (χ3n) is 16.4. The summed E-state index contributed by atoms with van der Waals surface area (Å²) in [7, 11) is -10.0. The molecule has 0 spiro atoms. The largest absolute Gasteiger partial charge is 0.472 e. The van der Waals surface area contributed by atoms with E-state index in [2.05, 4.69) is 149 Å². The van der Waals surface area contributed by atoms with Crippen molar-refractivity contribution in [2.24, 2.45) is 0 Å². The quantitative estimate of drug-likeness (QED) is 0.0169. The molecule has 0 heterocycles. The molecule has 2 unspecified atom stereocenters. The van der Waals surface area contributed by atoms with Gasteiger partial charge in [-0.2, -0.15) is 0 Å². The standard InChI is InChI=1S/C87H144O17P2/c1-5-9-13-17-21-25-29-33-37-40-44-48-52-56-60-64-68-72-85(90)98-78-83(104-87(92)74-70-66-62-58-54-50-46-42-39-35-31-27-23-19-15-11-7-3)80-102-106(95,96)100-76-81(88)75-99-105(93,94)101-79-82(77-97-84(89)71-67-63-59-55-51-47-43-36-32-28-24-20-16-12-8-4)103-86(91)73-69-65-61-57-53-49-45-41-38-34-30-26-22-18-14-10-6-2/h21-23,25-28,32-35,37-39,44-46,48-50,56-58,60-62,81-83,88H,5-20,24,29-31,36,40-43,47,51-55,59,63-80H2,1-4H3,(H,93,94)(H,95,96)/b25-21-,26-22-,27-23-,32-28-,37-33-,38-34-,39-35-,48-44-,49-45-,50-46-,60-56-,61-57-,62-58-/t81-,82+,83+/m0/s1. The Morgan fingerprint density at radius 2 is 0.472 bits per heavy atom. The summed E-state index contributed by atoms with van der Waals surface area (Å²) in [5.41, 5.74) is 0. The number of carbonyl (C=O) groups excluding carboxylic acids is 4. The lowest BCUT2D eigenvalue weighted by atomic mass is 10.1. The van der Waals surface area contributed by atoms with Gasteiger partial charge in [0.2, 0.25) is 0 Å². The van der Waals surface area contributed by atoms with Gasteiger partial charge in [-0.1, -0.05) is 276 Å². The minimum absolute atomic E-state index is 0.000980. The molecule has 5 atom stereocenters. The number of hydrogen-bond acceptors (Lipinski definition) is 15. The second kappa shape index (κ2) is 77.8. The van der Waals surface area contributed by atoms with Crippen LogP contribution in [0.4, 0.5) is 0 Å². The van der Waals surface area contributed by atoms with E-state index in [1.54, 1.807) is 0 Å². The van der Waals surface area contributed by atoms with Crippen molar-refractivity contribution in [2.75, 3.05) is 39.6 Å². The molecule has 0 aliphatic heterocycles. The Balaban J connectivity index is 5.54. The topological polar surface area (TPSA) is 237 Å². The number of unbranched alkanes of at least 4 members (excludes halogenated alkanes) is 23. The van der Waals surface area contributed by atoms with Crippen LogP contribution < -0.4 is 0 Å². The molecule has 0 saturated carbocycles. The van der Waals surface area contributed by atoms with E-state index in [0.29, 0.717) is 44.9 Å². The van der Waals surface area contributed by atoms with Crippen molar-refractivity contribution in [1.82, 2.24) is 0 Å². The first-order valence-electron chi connectivity index (χ1n) is 40.7. The van der Waals surface area contributed by atoms with Crippen LogP contribution in [0.5, 0.6) is 0 Å². The average Bonchev–Trinajstić information content (AvgIpc) is 0.905.